The van der Waals surface area contributed by atoms with Gasteiger partial charge in [0.25, 0.3) is 5.91 Å². The Morgan fingerprint density at radius 1 is 1.57 bits per heavy atom. The van der Waals surface area contributed by atoms with Crippen LogP contribution in [-0.2, 0) is 11.2 Å². The van der Waals surface area contributed by atoms with Gasteiger partial charge in [0.15, 0.2) is 5.69 Å². The summed E-state index contributed by atoms with van der Waals surface area (Å²) in [5, 5.41) is 3.86. The van der Waals surface area contributed by atoms with Crippen LogP contribution in [0.1, 0.15) is 40.7 Å². The van der Waals surface area contributed by atoms with Crippen molar-refractivity contribution < 1.29 is 14.1 Å². The minimum absolute atomic E-state index is 0.152. The Bertz CT molecular complexity index is 634. The van der Waals surface area contributed by atoms with Crippen molar-refractivity contribution in [3.8, 4) is 0 Å². The van der Waals surface area contributed by atoms with Gasteiger partial charge in [0.2, 0.25) is 0 Å². The molecule has 7 nitrogen and oxygen atoms in total. The normalized spacial score (nSPS) is 19.0. The maximum Gasteiger partial charge on any atom is 0.276 e. The van der Waals surface area contributed by atoms with Gasteiger partial charge in [-0.3, -0.25) is 4.79 Å². The predicted octanol–water partition coefficient (Wildman–Crippen LogP) is 1.48. The molecule has 1 N–H and O–H groups in total. The summed E-state index contributed by atoms with van der Waals surface area (Å²) in [5.41, 5.74) is 1.29. The van der Waals surface area contributed by atoms with E-state index in [-0.39, 0.29) is 11.9 Å². The average molecular weight is 290 g/mol. The number of hydrogen-bond donors (Lipinski definition) is 1. The van der Waals surface area contributed by atoms with E-state index in [4.69, 9.17) is 9.26 Å². The monoisotopic (exact) mass is 290 g/mol. The number of aryl methyl sites for hydroxylation is 2. The number of hydrogen-bond acceptors (Lipinski definition) is 5. The highest BCUT2D eigenvalue weighted by molar-refractivity contribution is 5.92. The van der Waals surface area contributed by atoms with E-state index < -0.39 is 0 Å². The van der Waals surface area contributed by atoms with E-state index in [1.807, 2.05) is 13.8 Å². The first-order valence-corrected chi connectivity index (χ1v) is 7.05. The minimum Gasteiger partial charge on any atom is -0.377 e. The minimum atomic E-state index is -0.221. The summed E-state index contributed by atoms with van der Waals surface area (Å²) in [6.45, 7) is 5.34. The Labute approximate surface area is 122 Å². The van der Waals surface area contributed by atoms with Gasteiger partial charge in [0.1, 0.15) is 17.6 Å². The Balaban J connectivity index is 1.85. The van der Waals surface area contributed by atoms with E-state index in [2.05, 4.69) is 15.1 Å². The third-order valence-electron chi connectivity index (χ3n) is 3.55. The zero-order valence-corrected chi connectivity index (χ0v) is 12.1. The summed E-state index contributed by atoms with van der Waals surface area (Å²) in [7, 11) is 0. The first-order valence-electron chi connectivity index (χ1n) is 7.05. The van der Waals surface area contributed by atoms with Crippen molar-refractivity contribution >= 4 is 5.91 Å². The molecule has 0 radical (unpaired) electrons. The number of nitrogens with one attached hydrogen (secondary N) is 1. The van der Waals surface area contributed by atoms with Crippen molar-refractivity contribution in [2.45, 2.75) is 26.3 Å². The molecule has 21 heavy (non-hydrogen) atoms. The number of amides is 1. The predicted molar refractivity (Wildman–Crippen MR) is 73.8 cm³/mol. The fraction of sp³-hybridized carbons (Fsp3) is 0.500. The van der Waals surface area contributed by atoms with Gasteiger partial charge in [-0.1, -0.05) is 12.1 Å². The summed E-state index contributed by atoms with van der Waals surface area (Å²) in [4.78, 5) is 21.8. The van der Waals surface area contributed by atoms with Crippen LogP contribution < -0.4 is 0 Å². The van der Waals surface area contributed by atoms with Gasteiger partial charge in [0, 0.05) is 30.9 Å². The molecule has 0 spiro atoms. The van der Waals surface area contributed by atoms with Crippen LogP contribution in [0.15, 0.2) is 16.8 Å². The molecule has 0 aromatic carbocycles. The van der Waals surface area contributed by atoms with E-state index in [0.29, 0.717) is 37.6 Å². The zero-order valence-electron chi connectivity index (χ0n) is 12.1. The van der Waals surface area contributed by atoms with Crippen molar-refractivity contribution in [1.29, 1.82) is 0 Å². The zero-order chi connectivity index (χ0) is 14.8. The van der Waals surface area contributed by atoms with E-state index in [9.17, 15) is 4.79 Å². The van der Waals surface area contributed by atoms with Gasteiger partial charge in [-0.2, -0.15) is 0 Å². The van der Waals surface area contributed by atoms with Crippen LogP contribution in [0, 0.1) is 6.92 Å². The molecular formula is C14H18N4O3. The van der Waals surface area contributed by atoms with Crippen LogP contribution in [0.25, 0.3) is 0 Å². The fourth-order valence-electron chi connectivity index (χ4n) is 2.40. The highest BCUT2D eigenvalue weighted by atomic mass is 16.5. The number of H-pyrrole nitrogens is 1. The molecule has 1 saturated heterocycles. The molecule has 112 valence electrons. The first-order chi connectivity index (χ1) is 10.2. The van der Waals surface area contributed by atoms with Gasteiger partial charge in [0.05, 0.1) is 13.2 Å². The summed E-state index contributed by atoms with van der Waals surface area (Å²) < 4.78 is 10.6. The molecule has 1 fully saturated rings. The Hall–Kier alpha value is -2.15. The van der Waals surface area contributed by atoms with Gasteiger partial charge >= 0.3 is 0 Å². The molecule has 2 aromatic rings. The smallest absolute Gasteiger partial charge is 0.276 e. The highest BCUT2D eigenvalue weighted by Gasteiger charge is 2.32. The lowest BCUT2D eigenvalue weighted by atomic mass is 10.2. The molecule has 0 bridgehead atoms. The number of nitrogens with zero attached hydrogens (tertiary/aromatic N) is 3. The standard InChI is InChI=1S/C14H18N4O3/c1-3-10-6-11(17-21-10)14(19)18-4-5-20-8-12(18)13-15-7-9(2)16-13/h6-7,12H,3-5,8H2,1-2H3,(H,15,16). The average Bonchev–Trinajstić information content (AvgIpc) is 3.15. The molecule has 1 unspecified atom stereocenters. The van der Waals surface area contributed by atoms with Crippen molar-refractivity contribution in [3.05, 3.63) is 35.2 Å². The third-order valence-corrected chi connectivity index (χ3v) is 3.55. The van der Waals surface area contributed by atoms with Crippen LogP contribution in [0.4, 0.5) is 0 Å². The molecule has 0 aliphatic carbocycles. The summed E-state index contributed by atoms with van der Waals surface area (Å²) in [5.74, 6) is 1.29. The van der Waals surface area contributed by atoms with E-state index in [1.54, 1.807) is 17.2 Å². The van der Waals surface area contributed by atoms with Crippen molar-refractivity contribution in [2.75, 3.05) is 19.8 Å². The van der Waals surface area contributed by atoms with Crippen LogP contribution in [0.3, 0.4) is 0 Å². The lowest BCUT2D eigenvalue weighted by Gasteiger charge is -2.33. The number of imidazole rings is 1. The van der Waals surface area contributed by atoms with Crippen LogP contribution in [0.2, 0.25) is 0 Å². The second-order valence-electron chi connectivity index (χ2n) is 5.07. The highest BCUT2D eigenvalue weighted by Crippen LogP contribution is 2.24. The second-order valence-corrected chi connectivity index (χ2v) is 5.07. The molecular weight excluding hydrogens is 272 g/mol. The lowest BCUT2D eigenvalue weighted by molar-refractivity contribution is -0.00550. The molecule has 1 aliphatic heterocycles. The van der Waals surface area contributed by atoms with Crippen molar-refractivity contribution in [1.82, 2.24) is 20.0 Å². The molecule has 0 saturated carbocycles. The number of carbonyl (C=O) groups is 1. The third kappa shape index (κ3) is 2.69. The maximum absolute atomic E-state index is 12.6. The lowest BCUT2D eigenvalue weighted by Crippen LogP contribution is -2.44. The van der Waals surface area contributed by atoms with E-state index in [0.717, 1.165) is 11.5 Å². The number of rotatable bonds is 3. The van der Waals surface area contributed by atoms with E-state index >= 15 is 0 Å². The number of aromatic nitrogens is 3. The quantitative estimate of drug-likeness (QED) is 0.925. The van der Waals surface area contributed by atoms with Crippen molar-refractivity contribution in [2.24, 2.45) is 0 Å². The van der Waals surface area contributed by atoms with Crippen LogP contribution in [0.5, 0.6) is 0 Å². The second kappa shape index (κ2) is 5.69. The molecule has 1 amide bonds. The summed E-state index contributed by atoms with van der Waals surface area (Å²) in [6, 6.07) is 1.48. The fourth-order valence-corrected chi connectivity index (χ4v) is 2.40. The number of aromatic amines is 1. The topological polar surface area (TPSA) is 84.3 Å². The van der Waals surface area contributed by atoms with Gasteiger partial charge < -0.3 is 19.1 Å². The summed E-state index contributed by atoms with van der Waals surface area (Å²) >= 11 is 0. The molecule has 2 aromatic heterocycles. The largest absolute Gasteiger partial charge is 0.377 e. The Kier molecular flexibility index (Phi) is 3.74. The molecule has 3 heterocycles. The van der Waals surface area contributed by atoms with Crippen LogP contribution in [-0.4, -0.2) is 45.7 Å². The number of carbonyl (C=O) groups excluding carboxylic acids is 1. The van der Waals surface area contributed by atoms with E-state index in [1.165, 1.54) is 0 Å². The molecule has 3 rings (SSSR count). The Morgan fingerprint density at radius 2 is 2.43 bits per heavy atom. The number of morpholine rings is 1. The van der Waals surface area contributed by atoms with Gasteiger partial charge in [-0.15, -0.1) is 0 Å². The Morgan fingerprint density at radius 3 is 3.10 bits per heavy atom. The maximum atomic E-state index is 12.6. The molecule has 1 atom stereocenters. The van der Waals surface area contributed by atoms with Crippen LogP contribution >= 0.6 is 0 Å². The SMILES string of the molecule is CCc1cc(C(=O)N2CCOCC2c2ncc(C)[nH]2)no1. The molecule has 1 aliphatic rings. The molecule has 7 heteroatoms. The van der Waals surface area contributed by atoms with Gasteiger partial charge in [-0.05, 0) is 6.92 Å². The van der Waals surface area contributed by atoms with Gasteiger partial charge in [-0.25, -0.2) is 4.98 Å². The number of ether oxygens (including phenoxy) is 1. The first kappa shape index (κ1) is 13.8. The van der Waals surface area contributed by atoms with Crippen molar-refractivity contribution in [3.63, 3.8) is 0 Å². The summed E-state index contributed by atoms with van der Waals surface area (Å²) in [6.07, 6.45) is 2.46.